The lowest BCUT2D eigenvalue weighted by molar-refractivity contribution is 0.324. The van der Waals surface area contributed by atoms with Crippen molar-refractivity contribution < 1.29 is 4.74 Å². The molecule has 1 aromatic carbocycles. The molecular weight excluding hydrogens is 236 g/mol. The van der Waals surface area contributed by atoms with Crippen molar-refractivity contribution in [2.24, 2.45) is 0 Å². The molecule has 0 spiro atoms. The SMILES string of the molecule is Cc1cn2cccc(OCCc3ccccc3)c2n1. The lowest BCUT2D eigenvalue weighted by atomic mass is 10.2. The highest BCUT2D eigenvalue weighted by atomic mass is 16.5. The van der Waals surface area contributed by atoms with Gasteiger partial charge in [0.1, 0.15) is 0 Å². The minimum atomic E-state index is 0.662. The number of hydrogen-bond acceptors (Lipinski definition) is 2. The topological polar surface area (TPSA) is 26.5 Å². The molecule has 19 heavy (non-hydrogen) atoms. The van der Waals surface area contributed by atoms with Gasteiger partial charge in [-0.25, -0.2) is 4.98 Å². The molecule has 3 heteroatoms. The number of ether oxygens (including phenoxy) is 1. The molecule has 0 saturated carbocycles. The van der Waals surface area contributed by atoms with Gasteiger partial charge in [-0.15, -0.1) is 0 Å². The van der Waals surface area contributed by atoms with Crippen LogP contribution in [0.3, 0.4) is 0 Å². The van der Waals surface area contributed by atoms with Crippen molar-refractivity contribution in [1.29, 1.82) is 0 Å². The maximum Gasteiger partial charge on any atom is 0.179 e. The number of pyridine rings is 1. The summed E-state index contributed by atoms with van der Waals surface area (Å²) in [6, 6.07) is 14.3. The van der Waals surface area contributed by atoms with Crippen molar-refractivity contribution in [3.05, 3.63) is 66.1 Å². The minimum Gasteiger partial charge on any atom is -0.489 e. The van der Waals surface area contributed by atoms with E-state index in [2.05, 4.69) is 17.1 Å². The molecule has 0 atom stereocenters. The second kappa shape index (κ2) is 5.14. The molecule has 3 aromatic rings. The van der Waals surface area contributed by atoms with E-state index in [1.807, 2.05) is 54.0 Å². The van der Waals surface area contributed by atoms with Crippen LogP contribution in [-0.4, -0.2) is 16.0 Å². The number of nitrogens with zero attached hydrogens (tertiary/aromatic N) is 2. The van der Waals surface area contributed by atoms with Gasteiger partial charge in [-0.3, -0.25) is 0 Å². The van der Waals surface area contributed by atoms with E-state index in [9.17, 15) is 0 Å². The highest BCUT2D eigenvalue weighted by Gasteiger charge is 2.04. The van der Waals surface area contributed by atoms with E-state index in [0.717, 1.165) is 23.5 Å². The van der Waals surface area contributed by atoms with Crippen molar-refractivity contribution >= 4 is 5.65 Å². The first-order valence-electron chi connectivity index (χ1n) is 6.44. The van der Waals surface area contributed by atoms with Crippen molar-refractivity contribution in [3.8, 4) is 5.75 Å². The first kappa shape index (κ1) is 11.8. The summed E-state index contributed by atoms with van der Waals surface area (Å²) in [4.78, 5) is 4.48. The van der Waals surface area contributed by atoms with Crippen LogP contribution in [0.1, 0.15) is 11.3 Å². The molecule has 0 radical (unpaired) electrons. The maximum atomic E-state index is 5.85. The second-order valence-electron chi connectivity index (χ2n) is 4.57. The maximum absolute atomic E-state index is 5.85. The summed E-state index contributed by atoms with van der Waals surface area (Å²) < 4.78 is 7.85. The molecule has 0 amide bonds. The Bertz CT molecular complexity index is 674. The van der Waals surface area contributed by atoms with Crippen LogP contribution < -0.4 is 4.74 Å². The van der Waals surface area contributed by atoms with E-state index in [0.29, 0.717) is 6.61 Å². The predicted molar refractivity (Wildman–Crippen MR) is 75.6 cm³/mol. The summed E-state index contributed by atoms with van der Waals surface area (Å²) in [7, 11) is 0. The Morgan fingerprint density at radius 3 is 2.79 bits per heavy atom. The van der Waals surface area contributed by atoms with E-state index < -0.39 is 0 Å². The lowest BCUT2D eigenvalue weighted by Gasteiger charge is -2.07. The Balaban J connectivity index is 1.72. The summed E-state index contributed by atoms with van der Waals surface area (Å²) in [5.41, 5.74) is 3.17. The number of benzene rings is 1. The molecule has 3 nitrogen and oxygen atoms in total. The standard InChI is InChI=1S/C16H16N2O/c1-13-12-18-10-5-8-15(16(18)17-13)19-11-9-14-6-3-2-4-7-14/h2-8,10,12H,9,11H2,1H3. The third-order valence-electron chi connectivity index (χ3n) is 3.06. The van der Waals surface area contributed by atoms with E-state index in [4.69, 9.17) is 4.74 Å². The zero-order valence-corrected chi connectivity index (χ0v) is 10.9. The molecule has 0 aliphatic heterocycles. The van der Waals surface area contributed by atoms with Gasteiger partial charge in [0.25, 0.3) is 0 Å². The molecule has 0 fully saturated rings. The van der Waals surface area contributed by atoms with Gasteiger partial charge in [0, 0.05) is 18.8 Å². The fourth-order valence-corrected chi connectivity index (χ4v) is 2.15. The molecule has 0 N–H and O–H groups in total. The quantitative estimate of drug-likeness (QED) is 0.712. The van der Waals surface area contributed by atoms with Crippen LogP contribution in [0.25, 0.3) is 5.65 Å². The molecule has 0 unspecified atom stereocenters. The molecule has 0 aliphatic carbocycles. The molecule has 96 valence electrons. The zero-order chi connectivity index (χ0) is 13.1. The number of fused-ring (bicyclic) bond motifs is 1. The Morgan fingerprint density at radius 2 is 1.95 bits per heavy atom. The molecule has 2 aromatic heterocycles. The molecule has 0 aliphatic rings. The van der Waals surface area contributed by atoms with Crippen LogP contribution in [0, 0.1) is 6.92 Å². The normalized spacial score (nSPS) is 10.8. The van der Waals surface area contributed by atoms with Gasteiger partial charge in [-0.2, -0.15) is 0 Å². The number of hydrogen-bond donors (Lipinski definition) is 0. The Kier molecular flexibility index (Phi) is 3.19. The number of rotatable bonds is 4. The van der Waals surface area contributed by atoms with E-state index >= 15 is 0 Å². The average Bonchev–Trinajstić information content (AvgIpc) is 2.81. The van der Waals surface area contributed by atoms with Gasteiger partial charge in [0.15, 0.2) is 11.4 Å². The third kappa shape index (κ3) is 2.60. The highest BCUT2D eigenvalue weighted by Crippen LogP contribution is 2.18. The van der Waals surface area contributed by atoms with Gasteiger partial charge in [-0.1, -0.05) is 30.3 Å². The van der Waals surface area contributed by atoms with Crippen LogP contribution in [-0.2, 0) is 6.42 Å². The number of imidazole rings is 1. The predicted octanol–water partition coefficient (Wildman–Crippen LogP) is 3.26. The smallest absolute Gasteiger partial charge is 0.179 e. The van der Waals surface area contributed by atoms with Gasteiger partial charge < -0.3 is 9.14 Å². The van der Waals surface area contributed by atoms with Gasteiger partial charge in [-0.05, 0) is 24.6 Å². The number of aryl methyl sites for hydroxylation is 1. The zero-order valence-electron chi connectivity index (χ0n) is 10.9. The first-order valence-corrected chi connectivity index (χ1v) is 6.44. The molecule has 0 bridgehead atoms. The summed E-state index contributed by atoms with van der Waals surface area (Å²) in [5, 5.41) is 0. The van der Waals surface area contributed by atoms with Crippen LogP contribution >= 0.6 is 0 Å². The van der Waals surface area contributed by atoms with Crippen molar-refractivity contribution in [2.45, 2.75) is 13.3 Å². The Hall–Kier alpha value is -2.29. The number of aromatic nitrogens is 2. The second-order valence-corrected chi connectivity index (χ2v) is 4.57. The molecule has 2 heterocycles. The van der Waals surface area contributed by atoms with Crippen LogP contribution in [0.2, 0.25) is 0 Å². The molecular formula is C16H16N2O. The summed E-state index contributed by atoms with van der Waals surface area (Å²) >= 11 is 0. The van der Waals surface area contributed by atoms with Gasteiger partial charge >= 0.3 is 0 Å². The Morgan fingerprint density at radius 1 is 1.11 bits per heavy atom. The van der Waals surface area contributed by atoms with Gasteiger partial charge in [0.2, 0.25) is 0 Å². The van der Waals surface area contributed by atoms with Gasteiger partial charge in [0.05, 0.1) is 12.3 Å². The largest absolute Gasteiger partial charge is 0.489 e. The average molecular weight is 252 g/mol. The lowest BCUT2D eigenvalue weighted by Crippen LogP contribution is -2.02. The fraction of sp³-hybridized carbons (Fsp3) is 0.188. The van der Waals surface area contributed by atoms with Crippen LogP contribution in [0.4, 0.5) is 0 Å². The summed E-state index contributed by atoms with van der Waals surface area (Å²) in [6.07, 6.45) is 4.89. The van der Waals surface area contributed by atoms with E-state index in [-0.39, 0.29) is 0 Å². The van der Waals surface area contributed by atoms with E-state index in [1.165, 1.54) is 5.56 Å². The van der Waals surface area contributed by atoms with Crippen LogP contribution in [0.5, 0.6) is 5.75 Å². The summed E-state index contributed by atoms with van der Waals surface area (Å²) in [6.45, 7) is 2.65. The van der Waals surface area contributed by atoms with Crippen molar-refractivity contribution in [1.82, 2.24) is 9.38 Å². The first-order chi connectivity index (χ1) is 9.33. The monoisotopic (exact) mass is 252 g/mol. The minimum absolute atomic E-state index is 0.662. The van der Waals surface area contributed by atoms with Crippen molar-refractivity contribution in [3.63, 3.8) is 0 Å². The van der Waals surface area contributed by atoms with E-state index in [1.54, 1.807) is 0 Å². The Labute approximate surface area is 112 Å². The van der Waals surface area contributed by atoms with Crippen molar-refractivity contribution in [2.75, 3.05) is 6.61 Å². The molecule has 0 saturated heterocycles. The highest BCUT2D eigenvalue weighted by molar-refractivity contribution is 5.54. The van der Waals surface area contributed by atoms with Crippen LogP contribution in [0.15, 0.2) is 54.9 Å². The fourth-order valence-electron chi connectivity index (χ4n) is 2.15. The summed E-state index contributed by atoms with van der Waals surface area (Å²) in [5.74, 6) is 0.839. The third-order valence-corrected chi connectivity index (χ3v) is 3.06. The molecule has 3 rings (SSSR count).